The molecule has 8 aromatic carbocycles. The van der Waals surface area contributed by atoms with Crippen molar-refractivity contribution in [2.24, 2.45) is 0 Å². The van der Waals surface area contributed by atoms with Crippen molar-refractivity contribution in [2.75, 3.05) is 4.90 Å². The zero-order valence-electron chi connectivity index (χ0n) is 36.6. The summed E-state index contributed by atoms with van der Waals surface area (Å²) in [5.41, 5.74) is 22.2. The molecule has 0 N–H and O–H groups in total. The molecule has 62 heavy (non-hydrogen) atoms. The highest BCUT2D eigenvalue weighted by molar-refractivity contribution is 6.05. The normalized spacial score (nSPS) is 13.2. The first kappa shape index (κ1) is 39.0. The second kappa shape index (κ2) is 15.7. The van der Waals surface area contributed by atoms with Crippen LogP contribution in [0.4, 0.5) is 17.3 Å². The average molecular weight is 803 g/mol. The Kier molecular flexibility index (Phi) is 9.87. The minimum Gasteiger partial charge on any atom is -0.278 e. The maximum Gasteiger partial charge on any atom is 0.238 e. The highest BCUT2D eigenvalue weighted by atomic mass is 15.3. The summed E-state index contributed by atoms with van der Waals surface area (Å²) in [6.45, 7) is 16.0. The van der Waals surface area contributed by atoms with E-state index in [1.54, 1.807) is 0 Å². The topological polar surface area (TPSA) is 41.9 Å². The monoisotopic (exact) mass is 802 g/mol. The largest absolute Gasteiger partial charge is 0.278 e. The van der Waals surface area contributed by atoms with Crippen molar-refractivity contribution in [3.8, 4) is 33.9 Å². The number of fused-ring (bicyclic) bond motifs is 3. The van der Waals surface area contributed by atoms with Crippen LogP contribution in [0.2, 0.25) is 0 Å². The molecule has 0 amide bonds. The van der Waals surface area contributed by atoms with Gasteiger partial charge in [0.2, 0.25) is 5.95 Å². The number of nitrogens with zero attached hydrogens (tertiary/aromatic N) is 4. The summed E-state index contributed by atoms with van der Waals surface area (Å²) in [5.74, 6) is 1.86. The highest BCUT2D eigenvalue weighted by Crippen LogP contribution is 2.52. The summed E-state index contributed by atoms with van der Waals surface area (Å²) in [6.07, 6.45) is 0.878. The van der Waals surface area contributed by atoms with Crippen molar-refractivity contribution in [3.63, 3.8) is 0 Å². The molecule has 1 atom stereocenters. The number of hydrogen-bond donors (Lipinski definition) is 0. The molecular weight excluding hydrogens is 753 g/mol. The van der Waals surface area contributed by atoms with Crippen molar-refractivity contribution in [3.05, 3.63) is 224 Å². The van der Waals surface area contributed by atoms with Gasteiger partial charge in [-0.05, 0) is 133 Å². The predicted octanol–water partition coefficient (Wildman–Crippen LogP) is 14.7. The summed E-state index contributed by atoms with van der Waals surface area (Å²) in [4.78, 5) is 18.5. The molecule has 0 bridgehead atoms. The predicted molar refractivity (Wildman–Crippen MR) is 258 cm³/mol. The van der Waals surface area contributed by atoms with Crippen LogP contribution in [0, 0.1) is 48.5 Å². The summed E-state index contributed by atoms with van der Waals surface area (Å²) in [5, 5.41) is 2.34. The van der Waals surface area contributed by atoms with Crippen LogP contribution in [0.1, 0.15) is 72.7 Å². The van der Waals surface area contributed by atoms with E-state index in [9.17, 15) is 0 Å². The van der Waals surface area contributed by atoms with Gasteiger partial charge in [0, 0.05) is 22.6 Å². The maximum absolute atomic E-state index is 5.47. The van der Waals surface area contributed by atoms with Crippen molar-refractivity contribution in [1.82, 2.24) is 15.0 Å². The molecule has 9 aromatic rings. The first-order chi connectivity index (χ1) is 30.1. The van der Waals surface area contributed by atoms with Crippen LogP contribution in [-0.4, -0.2) is 15.0 Å². The lowest BCUT2D eigenvalue weighted by molar-refractivity contribution is 0.844. The Balaban J connectivity index is 1.34. The van der Waals surface area contributed by atoms with Gasteiger partial charge in [-0.15, -0.1) is 0 Å². The fraction of sp³-hybridized carbons (Fsp3) is 0.155. The van der Waals surface area contributed by atoms with E-state index in [1.807, 2.05) is 36.4 Å². The number of hydrogen-bond acceptors (Lipinski definition) is 4. The molecule has 0 radical (unpaired) electrons. The summed E-state index contributed by atoms with van der Waals surface area (Å²) >= 11 is 0. The van der Waals surface area contributed by atoms with Crippen molar-refractivity contribution >= 4 is 28.1 Å². The summed E-state index contributed by atoms with van der Waals surface area (Å²) in [7, 11) is 0. The minimum atomic E-state index is 0.0412. The molecule has 1 heterocycles. The maximum atomic E-state index is 5.47. The van der Waals surface area contributed by atoms with Crippen molar-refractivity contribution < 1.29 is 0 Å². The quantitative estimate of drug-likeness (QED) is 0.161. The van der Waals surface area contributed by atoms with Gasteiger partial charge in [-0.3, -0.25) is 4.90 Å². The molecule has 0 fully saturated rings. The van der Waals surface area contributed by atoms with E-state index >= 15 is 0 Å². The molecule has 0 saturated carbocycles. The van der Waals surface area contributed by atoms with Crippen LogP contribution in [-0.2, 0) is 6.42 Å². The van der Waals surface area contributed by atoms with E-state index in [4.69, 9.17) is 15.0 Å². The van der Waals surface area contributed by atoms with Gasteiger partial charge in [0.1, 0.15) is 0 Å². The second-order valence-corrected chi connectivity index (χ2v) is 17.2. The molecule has 1 aliphatic carbocycles. The molecule has 0 saturated heterocycles. The standard InChI is InChI=1S/C58H50N4/c1-35-29-37(3)50(38(4)30-35)54-51-39(5)31-36(2)32-46(51)34-47-33-40(6)55(41(7)52(47)54)62(49-28-27-42-19-17-18-26-48(42)53(49)43-20-11-8-12-21-43)58-60-56(44-22-13-9-14-23-44)59-57(61-58)45-24-15-10-16-25-45/h8-33,54H,34H2,1-7H3. The van der Waals surface area contributed by atoms with Crippen LogP contribution in [0.5, 0.6) is 0 Å². The van der Waals surface area contributed by atoms with Gasteiger partial charge in [0.05, 0.1) is 11.4 Å². The Hall–Kier alpha value is -7.17. The third kappa shape index (κ3) is 6.77. The molecule has 1 aliphatic rings. The Morgan fingerprint density at radius 1 is 0.452 bits per heavy atom. The molecule has 302 valence electrons. The molecule has 10 rings (SSSR count). The smallest absolute Gasteiger partial charge is 0.238 e. The third-order valence-corrected chi connectivity index (χ3v) is 12.8. The van der Waals surface area contributed by atoms with E-state index in [2.05, 4.69) is 175 Å². The third-order valence-electron chi connectivity index (χ3n) is 12.8. The minimum absolute atomic E-state index is 0.0412. The molecule has 4 heteroatoms. The Morgan fingerprint density at radius 2 is 0.968 bits per heavy atom. The SMILES string of the molecule is Cc1cc(C)c(C2c3c(C)cc(C)cc3Cc3cc(C)c(N(c4nc(-c5ccccc5)nc(-c5ccccc5)n4)c4ccc5ccccc5c4-c4ccccc4)c(C)c32)c(C)c1. The molecular formula is C58H50N4. The summed E-state index contributed by atoms with van der Waals surface area (Å²) < 4.78 is 0. The lowest BCUT2D eigenvalue weighted by Gasteiger charge is -2.37. The zero-order valence-corrected chi connectivity index (χ0v) is 36.6. The van der Waals surface area contributed by atoms with Gasteiger partial charge < -0.3 is 0 Å². The second-order valence-electron chi connectivity index (χ2n) is 17.2. The van der Waals surface area contributed by atoms with Crippen LogP contribution in [0.3, 0.4) is 0 Å². The fourth-order valence-electron chi connectivity index (χ4n) is 10.5. The Morgan fingerprint density at radius 3 is 1.58 bits per heavy atom. The van der Waals surface area contributed by atoms with Gasteiger partial charge in [0.15, 0.2) is 11.6 Å². The number of benzene rings is 8. The average Bonchev–Trinajstić information content (AvgIpc) is 3.27. The van der Waals surface area contributed by atoms with Crippen LogP contribution < -0.4 is 4.90 Å². The van der Waals surface area contributed by atoms with E-state index in [0.717, 1.165) is 40.0 Å². The van der Waals surface area contributed by atoms with E-state index in [-0.39, 0.29) is 5.92 Å². The van der Waals surface area contributed by atoms with Crippen LogP contribution in [0.25, 0.3) is 44.7 Å². The number of aromatic nitrogens is 3. The highest BCUT2D eigenvalue weighted by Gasteiger charge is 2.35. The van der Waals surface area contributed by atoms with E-state index in [1.165, 1.54) is 77.5 Å². The molecule has 0 spiro atoms. The van der Waals surface area contributed by atoms with Crippen molar-refractivity contribution in [1.29, 1.82) is 0 Å². The molecule has 4 nitrogen and oxygen atoms in total. The lowest BCUT2D eigenvalue weighted by atomic mass is 9.69. The van der Waals surface area contributed by atoms with E-state index in [0.29, 0.717) is 17.6 Å². The Labute approximate surface area is 365 Å². The molecule has 1 unspecified atom stereocenters. The fourth-order valence-corrected chi connectivity index (χ4v) is 10.5. The van der Waals surface area contributed by atoms with Crippen LogP contribution in [0.15, 0.2) is 158 Å². The van der Waals surface area contributed by atoms with Gasteiger partial charge in [-0.2, -0.15) is 9.97 Å². The number of rotatable bonds is 7. The first-order valence-corrected chi connectivity index (χ1v) is 21.7. The first-order valence-electron chi connectivity index (χ1n) is 21.7. The Bertz CT molecular complexity index is 3070. The number of anilines is 3. The zero-order chi connectivity index (χ0) is 42.6. The number of aryl methyl sites for hydroxylation is 6. The molecule has 1 aromatic heterocycles. The van der Waals surface area contributed by atoms with Gasteiger partial charge in [-0.1, -0.05) is 163 Å². The van der Waals surface area contributed by atoms with Gasteiger partial charge in [0.25, 0.3) is 0 Å². The van der Waals surface area contributed by atoms with E-state index < -0.39 is 0 Å². The lowest BCUT2D eigenvalue weighted by Crippen LogP contribution is -2.23. The van der Waals surface area contributed by atoms with Crippen molar-refractivity contribution in [2.45, 2.75) is 60.8 Å². The van der Waals surface area contributed by atoms with Gasteiger partial charge >= 0.3 is 0 Å². The van der Waals surface area contributed by atoms with Gasteiger partial charge in [-0.25, -0.2) is 4.98 Å². The summed E-state index contributed by atoms with van der Waals surface area (Å²) in [6, 6.07) is 56.5. The van der Waals surface area contributed by atoms with Crippen LogP contribution >= 0.6 is 0 Å². The molecule has 0 aliphatic heterocycles.